The Morgan fingerprint density at radius 2 is 2.05 bits per heavy atom. The lowest BCUT2D eigenvalue weighted by molar-refractivity contribution is -0.155. The van der Waals surface area contributed by atoms with Crippen LogP contribution < -0.4 is 4.90 Å². The molecule has 3 aliphatic carbocycles. The zero-order chi connectivity index (χ0) is 25.4. The molecule has 5 bridgehead atoms. The molecule has 4 heterocycles. The Kier molecular flexibility index (Phi) is 4.45. The van der Waals surface area contributed by atoms with E-state index in [9.17, 15) is 14.7 Å². The van der Waals surface area contributed by atoms with Crippen molar-refractivity contribution in [1.29, 1.82) is 0 Å². The highest BCUT2D eigenvalue weighted by Gasteiger charge is 2.80. The van der Waals surface area contributed by atoms with Crippen LogP contribution >= 0.6 is 0 Å². The van der Waals surface area contributed by atoms with Crippen LogP contribution in [0.2, 0.25) is 0 Å². The van der Waals surface area contributed by atoms with Gasteiger partial charge in [0, 0.05) is 54.6 Å². The molecule has 1 aromatic rings. The molecule has 1 amide bonds. The van der Waals surface area contributed by atoms with Gasteiger partial charge in [-0.1, -0.05) is 31.2 Å². The standard InChI is InChI=1S/C30H36N2O5/c1-4-29-14-31(3)25-18-13-36-23(10-20(18)29)30(26(25)29)19-7-5-6-8-21(19)32(28(30)35)11-16-24-17(12-33)15(2)9-22(24)37-27(16)34/h4-8,15-18,20,22-26,33H,1,9-14H2,2-3H3/t15-,16-,17+,18+,20+,22-,23+,24+,25-,26+,29+,30-/m0/s1. The molecule has 3 saturated carbocycles. The van der Waals surface area contributed by atoms with Crippen LogP contribution in [0.1, 0.15) is 25.3 Å². The number of aliphatic hydroxyl groups is 1. The average molecular weight is 505 g/mol. The lowest BCUT2D eigenvalue weighted by Crippen LogP contribution is -2.63. The highest BCUT2D eigenvalue weighted by molar-refractivity contribution is 6.10. The molecule has 7 aliphatic rings. The molecule has 6 fully saturated rings. The minimum absolute atomic E-state index is 0.0149. The molecule has 196 valence electrons. The number of aliphatic hydroxyl groups excluding tert-OH is 1. The van der Waals surface area contributed by atoms with E-state index in [2.05, 4.69) is 37.6 Å². The van der Waals surface area contributed by atoms with Crippen LogP contribution in [0.3, 0.4) is 0 Å². The van der Waals surface area contributed by atoms with Crippen molar-refractivity contribution in [2.24, 2.45) is 46.8 Å². The topological polar surface area (TPSA) is 79.3 Å². The monoisotopic (exact) mass is 504 g/mol. The summed E-state index contributed by atoms with van der Waals surface area (Å²) < 4.78 is 12.4. The van der Waals surface area contributed by atoms with Crippen molar-refractivity contribution in [3.63, 3.8) is 0 Å². The van der Waals surface area contributed by atoms with E-state index in [-0.39, 0.29) is 59.9 Å². The van der Waals surface area contributed by atoms with Crippen LogP contribution in [0, 0.1) is 46.8 Å². The van der Waals surface area contributed by atoms with Gasteiger partial charge in [-0.05, 0) is 49.3 Å². The molecule has 12 atom stereocenters. The van der Waals surface area contributed by atoms with Gasteiger partial charge in [0.15, 0.2) is 0 Å². The van der Waals surface area contributed by atoms with Gasteiger partial charge < -0.3 is 24.4 Å². The fraction of sp³-hybridized carbons (Fsp3) is 0.667. The average Bonchev–Trinajstić information content (AvgIpc) is 3.57. The van der Waals surface area contributed by atoms with Crippen molar-refractivity contribution in [3.8, 4) is 0 Å². The van der Waals surface area contributed by atoms with Crippen LogP contribution in [0.15, 0.2) is 36.9 Å². The lowest BCUT2D eigenvalue weighted by Gasteiger charge is -2.54. The molecule has 4 aliphatic heterocycles. The minimum Gasteiger partial charge on any atom is -0.462 e. The van der Waals surface area contributed by atoms with Gasteiger partial charge >= 0.3 is 5.97 Å². The number of rotatable bonds is 4. The third-order valence-electron chi connectivity index (χ3n) is 12.1. The number of ether oxygens (including phenoxy) is 2. The van der Waals surface area contributed by atoms with Gasteiger partial charge in [-0.15, -0.1) is 6.58 Å². The quantitative estimate of drug-likeness (QED) is 0.501. The van der Waals surface area contributed by atoms with Crippen molar-refractivity contribution >= 4 is 17.6 Å². The number of nitrogens with zero attached hydrogens (tertiary/aromatic N) is 2. The molecule has 0 unspecified atom stereocenters. The molecular weight excluding hydrogens is 468 g/mol. The highest BCUT2D eigenvalue weighted by Crippen LogP contribution is 2.74. The molecule has 8 rings (SSSR count). The fourth-order valence-electron chi connectivity index (χ4n) is 10.9. The van der Waals surface area contributed by atoms with Gasteiger partial charge in [0.05, 0.1) is 18.6 Å². The maximum atomic E-state index is 15.0. The molecule has 3 saturated heterocycles. The van der Waals surface area contributed by atoms with Gasteiger partial charge in [0.25, 0.3) is 0 Å². The van der Waals surface area contributed by atoms with Crippen molar-refractivity contribution in [2.75, 3.05) is 38.3 Å². The molecule has 37 heavy (non-hydrogen) atoms. The second-order valence-electron chi connectivity index (χ2n) is 13.0. The molecule has 0 aromatic heterocycles. The zero-order valence-corrected chi connectivity index (χ0v) is 21.6. The number of anilines is 1. The maximum absolute atomic E-state index is 15.0. The lowest BCUT2D eigenvalue weighted by atomic mass is 9.51. The van der Waals surface area contributed by atoms with Crippen LogP contribution in [0.5, 0.6) is 0 Å². The van der Waals surface area contributed by atoms with Crippen molar-refractivity contribution in [3.05, 3.63) is 42.5 Å². The van der Waals surface area contributed by atoms with E-state index in [1.54, 1.807) is 0 Å². The second kappa shape index (κ2) is 7.25. The first-order valence-electron chi connectivity index (χ1n) is 14.1. The smallest absolute Gasteiger partial charge is 0.311 e. The summed E-state index contributed by atoms with van der Waals surface area (Å²) in [6.45, 7) is 8.45. The van der Waals surface area contributed by atoms with Crippen LogP contribution in [0.25, 0.3) is 0 Å². The number of hydrogen-bond donors (Lipinski definition) is 1. The third kappa shape index (κ3) is 2.38. The molecule has 1 aromatic carbocycles. The van der Waals surface area contributed by atoms with Gasteiger partial charge in [-0.2, -0.15) is 0 Å². The SMILES string of the molecule is C=C[C@@]12CN(C)[C@H]3[C@@H]4CO[C@H](C[C@H]41)[C@]1(C(=O)N(C[C@@H]4C(=O)O[C@H]5C[C@H](C)[C@@H](CO)[C@H]54)c4ccccc41)[C@H]32. The van der Waals surface area contributed by atoms with Crippen LogP contribution in [-0.2, 0) is 24.5 Å². The van der Waals surface area contributed by atoms with Gasteiger partial charge in [0.2, 0.25) is 5.91 Å². The van der Waals surface area contributed by atoms with Crippen molar-refractivity contribution in [1.82, 2.24) is 4.90 Å². The number of para-hydroxylation sites is 1. The fourth-order valence-corrected chi connectivity index (χ4v) is 10.9. The van der Waals surface area contributed by atoms with E-state index in [0.717, 1.165) is 30.6 Å². The number of likely N-dealkylation sites (tertiary alicyclic amines) is 1. The number of carbonyl (C=O) groups is 2. The Bertz CT molecular complexity index is 1220. The maximum Gasteiger partial charge on any atom is 0.311 e. The summed E-state index contributed by atoms with van der Waals surface area (Å²) in [5.41, 5.74) is 1.09. The number of carbonyl (C=O) groups excluding carboxylic acids is 2. The van der Waals surface area contributed by atoms with E-state index in [1.807, 2.05) is 23.1 Å². The summed E-state index contributed by atoms with van der Waals surface area (Å²) in [4.78, 5) is 32.5. The van der Waals surface area contributed by atoms with Gasteiger partial charge in [-0.3, -0.25) is 9.59 Å². The predicted molar refractivity (Wildman–Crippen MR) is 136 cm³/mol. The summed E-state index contributed by atoms with van der Waals surface area (Å²) in [6.07, 6.45) is 3.51. The summed E-state index contributed by atoms with van der Waals surface area (Å²) in [7, 11) is 2.19. The molecule has 1 spiro atoms. The molecule has 0 radical (unpaired) electrons. The Hall–Kier alpha value is -2.22. The van der Waals surface area contributed by atoms with Crippen molar-refractivity contribution < 1.29 is 24.2 Å². The number of esters is 1. The Morgan fingerprint density at radius 3 is 2.84 bits per heavy atom. The summed E-state index contributed by atoms with van der Waals surface area (Å²) in [6, 6.07) is 8.48. The zero-order valence-electron chi connectivity index (χ0n) is 21.6. The first-order chi connectivity index (χ1) is 17.9. The Morgan fingerprint density at radius 1 is 1.24 bits per heavy atom. The first kappa shape index (κ1) is 22.7. The number of piperidine rings is 1. The van der Waals surface area contributed by atoms with E-state index in [1.165, 1.54) is 0 Å². The van der Waals surface area contributed by atoms with E-state index < -0.39 is 11.3 Å². The highest BCUT2D eigenvalue weighted by atomic mass is 16.6. The number of fused-ring (bicyclic) bond motifs is 6. The summed E-state index contributed by atoms with van der Waals surface area (Å²) >= 11 is 0. The van der Waals surface area contributed by atoms with Gasteiger partial charge in [0.1, 0.15) is 11.5 Å². The largest absolute Gasteiger partial charge is 0.462 e. The molecular formula is C30H36N2O5. The van der Waals surface area contributed by atoms with E-state index in [0.29, 0.717) is 30.9 Å². The molecule has 7 heteroatoms. The number of hydrogen-bond acceptors (Lipinski definition) is 6. The van der Waals surface area contributed by atoms with Crippen LogP contribution in [0.4, 0.5) is 5.69 Å². The predicted octanol–water partition coefficient (Wildman–Crippen LogP) is 2.23. The number of benzene rings is 1. The van der Waals surface area contributed by atoms with Crippen molar-refractivity contribution in [2.45, 2.75) is 43.4 Å². The van der Waals surface area contributed by atoms with Crippen LogP contribution in [-0.4, -0.2) is 73.5 Å². The van der Waals surface area contributed by atoms with Gasteiger partial charge in [-0.25, -0.2) is 0 Å². The summed E-state index contributed by atoms with van der Waals surface area (Å²) in [5, 5.41) is 10.2. The first-order valence-corrected chi connectivity index (χ1v) is 14.1. The van der Waals surface area contributed by atoms with E-state index >= 15 is 0 Å². The Balaban J connectivity index is 1.25. The molecule has 7 nitrogen and oxygen atoms in total. The minimum atomic E-state index is -0.775. The molecule has 1 N–H and O–H groups in total. The second-order valence-corrected chi connectivity index (χ2v) is 13.0. The number of amides is 1. The Labute approximate surface area is 217 Å². The van der Waals surface area contributed by atoms with E-state index in [4.69, 9.17) is 9.47 Å². The third-order valence-corrected chi connectivity index (χ3v) is 12.1. The normalized spacial score (nSPS) is 50.7. The summed E-state index contributed by atoms with van der Waals surface area (Å²) in [5.74, 6) is 0.713.